The summed E-state index contributed by atoms with van der Waals surface area (Å²) in [5, 5.41) is 71.4. The van der Waals surface area contributed by atoms with Gasteiger partial charge in [0.2, 0.25) is 0 Å². The number of Topliss-reactive ketones (excluding diaryl/α,β-unsaturated/α-hetero) is 6. The van der Waals surface area contributed by atoms with Gasteiger partial charge >= 0.3 is 286 Å². The molecule has 46 heavy (non-hydrogen) atoms. The monoisotopic (exact) mass is 784 g/mol. The molecule has 0 aliphatic carbocycles. The molecule has 0 aliphatic heterocycles. The van der Waals surface area contributed by atoms with Crippen molar-refractivity contribution in [2.45, 2.75) is 130 Å². The van der Waals surface area contributed by atoms with E-state index in [1.165, 1.54) is 62.3 Å². The first-order chi connectivity index (χ1) is 19.8. The van der Waals surface area contributed by atoms with Crippen molar-refractivity contribution in [2.24, 2.45) is 32.5 Å². The Bertz CT molecular complexity index is 1080. The summed E-state index contributed by atoms with van der Waals surface area (Å²) in [7, 11) is 0. The zero-order chi connectivity index (χ0) is 37.7. The van der Waals surface area contributed by atoms with Crippen molar-refractivity contribution in [3.05, 3.63) is 0 Å². The summed E-state index contributed by atoms with van der Waals surface area (Å²) in [5.41, 5.74) is -10.6. The molecule has 12 nitrogen and oxygen atoms in total. The summed E-state index contributed by atoms with van der Waals surface area (Å²) >= 11 is -6.63. The van der Waals surface area contributed by atoms with Crippen LogP contribution in [-0.2, 0) is 28.8 Å². The fourth-order valence-electron chi connectivity index (χ4n) is 4.44. The summed E-state index contributed by atoms with van der Waals surface area (Å²) in [6.07, 6.45) is -2.50. The van der Waals surface area contributed by atoms with Crippen molar-refractivity contribution in [3.63, 3.8) is 0 Å². The van der Waals surface area contributed by atoms with Gasteiger partial charge in [0.15, 0.2) is 0 Å². The first-order valence-electron chi connectivity index (χ1n) is 15.3. The van der Waals surface area contributed by atoms with Gasteiger partial charge in [0.1, 0.15) is 0 Å². The van der Waals surface area contributed by atoms with Crippen LogP contribution in [0.3, 0.4) is 0 Å². The number of carbonyl (C=O) groups excluding carboxylic acids is 6. The van der Waals surface area contributed by atoms with Crippen molar-refractivity contribution in [1.29, 1.82) is 0 Å². The quantitative estimate of drug-likeness (QED) is 0.104. The van der Waals surface area contributed by atoms with E-state index in [2.05, 4.69) is 0 Å². The van der Waals surface area contributed by atoms with E-state index in [1.54, 1.807) is 0 Å². The molecule has 0 rings (SSSR count). The van der Waals surface area contributed by atoms with Crippen LogP contribution in [0.15, 0.2) is 0 Å². The van der Waals surface area contributed by atoms with E-state index in [1.807, 2.05) is 0 Å². The van der Waals surface area contributed by atoms with Gasteiger partial charge in [-0.2, -0.15) is 0 Å². The topological polar surface area (TPSA) is 224 Å². The Morgan fingerprint density at radius 3 is 0.630 bits per heavy atom. The average Bonchev–Trinajstić information content (AvgIpc) is 2.80. The van der Waals surface area contributed by atoms with Gasteiger partial charge in [-0.15, -0.1) is 0 Å². The normalized spacial score (nSPS) is 14.5. The molecule has 0 aliphatic rings. The van der Waals surface area contributed by atoms with E-state index in [0.29, 0.717) is 0 Å². The van der Waals surface area contributed by atoms with Gasteiger partial charge in [0, 0.05) is 0 Å². The second-order valence-electron chi connectivity index (χ2n) is 17.3. The zero-order valence-corrected chi connectivity index (χ0v) is 34.0. The Labute approximate surface area is 284 Å². The minimum absolute atomic E-state index is 0.597. The Morgan fingerprint density at radius 1 is 0.348 bits per heavy atom. The van der Waals surface area contributed by atoms with E-state index in [4.69, 9.17) is 0 Å². The van der Waals surface area contributed by atoms with Crippen LogP contribution in [0.2, 0.25) is 0 Å². The van der Waals surface area contributed by atoms with Crippen LogP contribution in [0.25, 0.3) is 0 Å². The van der Waals surface area contributed by atoms with Gasteiger partial charge in [0.05, 0.1) is 0 Å². The van der Waals surface area contributed by atoms with Gasteiger partial charge in [0.25, 0.3) is 0 Å². The molecule has 0 fully saturated rings. The Morgan fingerprint density at radius 2 is 0.500 bits per heavy atom. The molecule has 0 aromatic heterocycles. The molecule has 0 aromatic carbocycles. The molecule has 0 unspecified atom stereocenters. The summed E-state index contributed by atoms with van der Waals surface area (Å²) in [5.74, 6) is -5.06. The van der Waals surface area contributed by atoms with Crippen molar-refractivity contribution in [2.75, 3.05) is 0 Å². The molecule has 0 bridgehead atoms. The minimum atomic E-state index is -6.63. The van der Waals surface area contributed by atoms with Crippen molar-refractivity contribution < 1.29 is 89.4 Å². The van der Waals surface area contributed by atoms with Crippen LogP contribution in [0.5, 0.6) is 0 Å². The molecule has 0 atom stereocenters. The third kappa shape index (κ3) is 8.95. The van der Waals surface area contributed by atoms with Crippen LogP contribution in [-0.4, -0.2) is 71.9 Å². The Hall–Kier alpha value is -1.03. The van der Waals surface area contributed by atoms with Crippen LogP contribution in [0.4, 0.5) is 0 Å². The number of aliphatic hydroxyl groups is 6. The van der Waals surface area contributed by atoms with E-state index in [9.17, 15) is 59.4 Å². The first kappa shape index (κ1) is 45.0. The Kier molecular flexibility index (Phi) is 13.4. The Balaban J connectivity index is 7.66. The van der Waals surface area contributed by atoms with Crippen molar-refractivity contribution in [3.8, 4) is 0 Å². The van der Waals surface area contributed by atoms with Crippen molar-refractivity contribution >= 4 is 34.7 Å². The SMILES string of the molecule is CC(C)(C)C(=O)CC(=O)C(C)(C)[C](O)(O)[La]([C](O)(O)C(C)(C)C(=O)CC(=O)C(C)(C)C)[C](O)(O)C(C)(C)C(=O)CC(=O)C(C)(C)C. The van der Waals surface area contributed by atoms with E-state index >= 15 is 0 Å². The molecule has 0 radical (unpaired) electrons. The second kappa shape index (κ2) is 13.7. The predicted molar refractivity (Wildman–Crippen MR) is 165 cm³/mol. The van der Waals surface area contributed by atoms with Gasteiger partial charge < -0.3 is 0 Å². The van der Waals surface area contributed by atoms with E-state index < -0.39 is 123 Å². The second-order valence-corrected chi connectivity index (χ2v) is 27.6. The van der Waals surface area contributed by atoms with Crippen LogP contribution in [0, 0.1) is 62.5 Å². The van der Waals surface area contributed by atoms with Crippen LogP contribution < -0.4 is 0 Å². The summed E-state index contributed by atoms with van der Waals surface area (Å²) < 4.78 is -11.0. The predicted octanol–water partition coefficient (Wildman–Crippen LogP) is 2.32. The number of hydrogen-bond donors (Lipinski definition) is 6. The number of hydrogen-bond acceptors (Lipinski definition) is 12. The fraction of sp³-hybridized carbons (Fsp3) is 0.818. The van der Waals surface area contributed by atoms with Crippen LogP contribution in [0.1, 0.15) is 123 Å². The summed E-state index contributed by atoms with van der Waals surface area (Å²) in [4.78, 5) is 78.9. The van der Waals surface area contributed by atoms with Gasteiger partial charge in [-0.3, -0.25) is 0 Å². The third-order valence-electron chi connectivity index (χ3n) is 9.53. The van der Waals surface area contributed by atoms with Crippen molar-refractivity contribution in [1.82, 2.24) is 0 Å². The molecule has 0 saturated carbocycles. The molecule has 0 aromatic rings. The number of carbonyl (C=O) groups is 6. The maximum absolute atomic E-state index is 13.6. The van der Waals surface area contributed by atoms with Gasteiger partial charge in [-0.1, -0.05) is 0 Å². The molecule has 0 spiro atoms. The molecule has 0 heterocycles. The zero-order valence-electron chi connectivity index (χ0n) is 30.3. The van der Waals surface area contributed by atoms with Gasteiger partial charge in [-0.25, -0.2) is 0 Å². The fourth-order valence-corrected chi connectivity index (χ4v) is 18.0. The first-order valence-corrected chi connectivity index (χ1v) is 20.7. The standard InChI is InChI=1S/3C11H19O4.La/c3*1-10(2,3)7(12)6-8(13)11(4,5)9(14)15;/h3*14-15H,6H2,1-5H3;. The molecule has 264 valence electrons. The van der Waals surface area contributed by atoms with E-state index in [0.717, 1.165) is 41.5 Å². The average molecular weight is 785 g/mol. The molecule has 6 N–H and O–H groups in total. The van der Waals surface area contributed by atoms with Gasteiger partial charge in [-0.05, 0) is 0 Å². The van der Waals surface area contributed by atoms with Crippen LogP contribution >= 0.6 is 0 Å². The number of rotatable bonds is 15. The summed E-state index contributed by atoms with van der Waals surface area (Å²) in [6.45, 7) is 19.6. The molecule has 13 heteroatoms. The maximum atomic E-state index is 13.6. The molecule has 0 amide bonds. The van der Waals surface area contributed by atoms with E-state index in [-0.39, 0.29) is 0 Å². The molecular weight excluding hydrogens is 727 g/mol. The third-order valence-corrected chi connectivity index (χ3v) is 23.9. The molecular formula is C33H57LaO12. The number of ketones is 6. The molecule has 0 saturated heterocycles. The summed E-state index contributed by atoms with van der Waals surface area (Å²) in [6, 6.07) is 0.